The molecule has 0 saturated carbocycles. The number of nitrogen functional groups attached to an aromatic ring is 1. The molecule has 88 valence electrons. The van der Waals surface area contributed by atoms with Crippen molar-refractivity contribution in [2.75, 3.05) is 5.73 Å². The van der Waals surface area contributed by atoms with Crippen molar-refractivity contribution in [3.8, 4) is 0 Å². The summed E-state index contributed by atoms with van der Waals surface area (Å²) in [6, 6.07) is 4.87. The summed E-state index contributed by atoms with van der Waals surface area (Å²) in [7, 11) is 0. The Kier molecular flexibility index (Phi) is 3.81. The first-order valence-corrected chi connectivity index (χ1v) is 5.61. The van der Waals surface area contributed by atoms with Gasteiger partial charge in [-0.05, 0) is 38.5 Å². The fourth-order valence-corrected chi connectivity index (χ4v) is 1.38. The molecule has 0 aliphatic heterocycles. The second-order valence-corrected chi connectivity index (χ2v) is 4.86. The second-order valence-electron chi connectivity index (χ2n) is 4.42. The molecule has 0 saturated heterocycles. The largest absolute Gasteiger partial charge is 0.398 e. The molecule has 0 aromatic heterocycles. The SMILES string of the molecule is CCC(C)(C)NC(=O)c1ccc(Cl)cc1N. The first-order valence-electron chi connectivity index (χ1n) is 5.23. The van der Waals surface area contributed by atoms with E-state index in [0.717, 1.165) is 6.42 Å². The van der Waals surface area contributed by atoms with E-state index in [1.807, 2.05) is 20.8 Å². The highest BCUT2D eigenvalue weighted by Crippen LogP contribution is 2.19. The van der Waals surface area contributed by atoms with Crippen LogP contribution in [0.4, 0.5) is 5.69 Å². The van der Waals surface area contributed by atoms with Crippen molar-refractivity contribution in [3.05, 3.63) is 28.8 Å². The average Bonchev–Trinajstić information content (AvgIpc) is 2.16. The molecule has 1 rings (SSSR count). The summed E-state index contributed by atoms with van der Waals surface area (Å²) >= 11 is 5.77. The number of amides is 1. The third-order valence-electron chi connectivity index (χ3n) is 2.59. The van der Waals surface area contributed by atoms with E-state index in [0.29, 0.717) is 16.3 Å². The summed E-state index contributed by atoms with van der Waals surface area (Å²) in [6.07, 6.45) is 0.853. The lowest BCUT2D eigenvalue weighted by molar-refractivity contribution is 0.0912. The van der Waals surface area contributed by atoms with Gasteiger partial charge in [0.25, 0.3) is 5.91 Å². The summed E-state index contributed by atoms with van der Waals surface area (Å²) in [5.41, 5.74) is 6.37. The van der Waals surface area contributed by atoms with Crippen LogP contribution in [0.2, 0.25) is 5.02 Å². The van der Waals surface area contributed by atoms with E-state index in [1.165, 1.54) is 0 Å². The Hall–Kier alpha value is -1.22. The minimum absolute atomic E-state index is 0.166. The van der Waals surface area contributed by atoms with Crippen molar-refractivity contribution < 1.29 is 4.79 Å². The first kappa shape index (κ1) is 12.8. The maximum atomic E-state index is 11.9. The fraction of sp³-hybridized carbons (Fsp3) is 0.417. The molecule has 0 aliphatic carbocycles. The third kappa shape index (κ3) is 3.14. The number of rotatable bonds is 3. The minimum atomic E-state index is -0.233. The van der Waals surface area contributed by atoms with Gasteiger partial charge in [0.1, 0.15) is 0 Å². The monoisotopic (exact) mass is 240 g/mol. The van der Waals surface area contributed by atoms with E-state index in [2.05, 4.69) is 5.32 Å². The van der Waals surface area contributed by atoms with Gasteiger partial charge in [-0.2, -0.15) is 0 Å². The van der Waals surface area contributed by atoms with Crippen molar-refractivity contribution in [1.82, 2.24) is 5.32 Å². The zero-order valence-corrected chi connectivity index (χ0v) is 10.6. The van der Waals surface area contributed by atoms with Gasteiger partial charge in [-0.15, -0.1) is 0 Å². The molecule has 0 radical (unpaired) electrons. The molecule has 0 atom stereocenters. The molecule has 4 heteroatoms. The fourth-order valence-electron chi connectivity index (χ4n) is 1.20. The van der Waals surface area contributed by atoms with Crippen molar-refractivity contribution >= 4 is 23.2 Å². The first-order chi connectivity index (χ1) is 7.35. The van der Waals surface area contributed by atoms with E-state index in [9.17, 15) is 4.79 Å². The summed E-state index contributed by atoms with van der Waals surface area (Å²) < 4.78 is 0. The summed E-state index contributed by atoms with van der Waals surface area (Å²) in [4.78, 5) is 11.9. The van der Waals surface area contributed by atoms with Crippen LogP contribution < -0.4 is 11.1 Å². The number of carbonyl (C=O) groups is 1. The van der Waals surface area contributed by atoms with Crippen LogP contribution in [0.25, 0.3) is 0 Å². The standard InChI is InChI=1S/C12H17ClN2O/c1-4-12(2,3)15-11(16)9-6-5-8(13)7-10(9)14/h5-7H,4,14H2,1-3H3,(H,15,16). The van der Waals surface area contributed by atoms with E-state index in [1.54, 1.807) is 18.2 Å². The Morgan fingerprint density at radius 2 is 2.12 bits per heavy atom. The van der Waals surface area contributed by atoms with E-state index in [4.69, 9.17) is 17.3 Å². The molecule has 1 aromatic carbocycles. The maximum absolute atomic E-state index is 11.9. The zero-order valence-electron chi connectivity index (χ0n) is 9.80. The molecule has 1 aromatic rings. The van der Waals surface area contributed by atoms with Crippen molar-refractivity contribution in [1.29, 1.82) is 0 Å². The van der Waals surface area contributed by atoms with Gasteiger partial charge in [0.15, 0.2) is 0 Å². The van der Waals surface area contributed by atoms with E-state index in [-0.39, 0.29) is 11.4 Å². The Morgan fingerprint density at radius 3 is 2.62 bits per heavy atom. The highest BCUT2D eigenvalue weighted by atomic mass is 35.5. The van der Waals surface area contributed by atoms with Crippen LogP contribution in [0.3, 0.4) is 0 Å². The highest BCUT2D eigenvalue weighted by Gasteiger charge is 2.20. The van der Waals surface area contributed by atoms with E-state index >= 15 is 0 Å². The Morgan fingerprint density at radius 1 is 1.50 bits per heavy atom. The molecule has 0 aliphatic rings. The number of halogens is 1. The topological polar surface area (TPSA) is 55.1 Å². The van der Waals surface area contributed by atoms with Gasteiger partial charge in [-0.1, -0.05) is 18.5 Å². The average molecular weight is 241 g/mol. The number of nitrogens with one attached hydrogen (secondary N) is 1. The van der Waals surface area contributed by atoms with E-state index < -0.39 is 0 Å². The lowest BCUT2D eigenvalue weighted by Crippen LogP contribution is -2.42. The van der Waals surface area contributed by atoms with Gasteiger partial charge in [0.05, 0.1) is 5.56 Å². The van der Waals surface area contributed by atoms with Gasteiger partial charge in [-0.3, -0.25) is 4.79 Å². The second kappa shape index (κ2) is 4.74. The highest BCUT2D eigenvalue weighted by molar-refractivity contribution is 6.31. The minimum Gasteiger partial charge on any atom is -0.398 e. The molecule has 0 spiro atoms. The molecule has 3 N–H and O–H groups in total. The summed E-state index contributed by atoms with van der Waals surface area (Å²) in [6.45, 7) is 5.96. The van der Waals surface area contributed by atoms with Crippen LogP contribution in [0.5, 0.6) is 0 Å². The Bertz CT molecular complexity index is 402. The van der Waals surface area contributed by atoms with Crippen LogP contribution in [0.15, 0.2) is 18.2 Å². The van der Waals surface area contributed by atoms with Crippen LogP contribution in [0.1, 0.15) is 37.6 Å². The van der Waals surface area contributed by atoms with Gasteiger partial charge in [0, 0.05) is 16.2 Å². The normalized spacial score (nSPS) is 11.2. The number of carbonyl (C=O) groups excluding carboxylic acids is 1. The summed E-state index contributed by atoms with van der Waals surface area (Å²) in [5.74, 6) is -0.166. The Labute approximate surface area is 101 Å². The predicted molar refractivity (Wildman–Crippen MR) is 67.7 cm³/mol. The van der Waals surface area contributed by atoms with Gasteiger partial charge < -0.3 is 11.1 Å². The number of benzene rings is 1. The zero-order chi connectivity index (χ0) is 12.3. The lowest BCUT2D eigenvalue weighted by Gasteiger charge is -2.24. The van der Waals surface area contributed by atoms with Crippen LogP contribution in [-0.2, 0) is 0 Å². The number of anilines is 1. The van der Waals surface area contributed by atoms with Crippen molar-refractivity contribution in [2.24, 2.45) is 0 Å². The van der Waals surface area contributed by atoms with Crippen LogP contribution in [0, 0.1) is 0 Å². The smallest absolute Gasteiger partial charge is 0.253 e. The third-order valence-corrected chi connectivity index (χ3v) is 2.83. The molecule has 3 nitrogen and oxygen atoms in total. The Balaban J connectivity index is 2.89. The quantitative estimate of drug-likeness (QED) is 0.799. The molecule has 0 heterocycles. The van der Waals surface area contributed by atoms with Gasteiger partial charge in [-0.25, -0.2) is 0 Å². The molecule has 1 amide bonds. The van der Waals surface area contributed by atoms with Crippen molar-refractivity contribution in [3.63, 3.8) is 0 Å². The van der Waals surface area contributed by atoms with Gasteiger partial charge in [0.2, 0.25) is 0 Å². The maximum Gasteiger partial charge on any atom is 0.253 e. The molecule has 0 unspecified atom stereocenters. The molecular formula is C12H17ClN2O. The summed E-state index contributed by atoms with van der Waals surface area (Å²) in [5, 5.41) is 3.45. The molecule has 16 heavy (non-hydrogen) atoms. The predicted octanol–water partition coefficient (Wildman–Crippen LogP) is 2.84. The van der Waals surface area contributed by atoms with Crippen molar-refractivity contribution in [2.45, 2.75) is 32.7 Å². The number of hydrogen-bond acceptors (Lipinski definition) is 2. The van der Waals surface area contributed by atoms with Crippen LogP contribution in [-0.4, -0.2) is 11.4 Å². The molecule has 0 fully saturated rings. The molecule has 0 bridgehead atoms. The lowest BCUT2D eigenvalue weighted by atomic mass is 10.0. The number of nitrogens with two attached hydrogens (primary N) is 1. The van der Waals surface area contributed by atoms with Crippen LogP contribution >= 0.6 is 11.6 Å². The number of hydrogen-bond donors (Lipinski definition) is 2. The molecular weight excluding hydrogens is 224 g/mol. The van der Waals surface area contributed by atoms with Gasteiger partial charge >= 0.3 is 0 Å².